The van der Waals surface area contributed by atoms with Gasteiger partial charge in [-0.05, 0) is 24.0 Å². The maximum atomic E-state index is 12.1. The van der Waals surface area contributed by atoms with E-state index < -0.39 is 14.9 Å². The van der Waals surface area contributed by atoms with E-state index in [0.717, 1.165) is 17.9 Å². The van der Waals surface area contributed by atoms with Gasteiger partial charge in [-0.15, -0.1) is 0 Å². The van der Waals surface area contributed by atoms with Gasteiger partial charge in [-0.3, -0.25) is 10.1 Å². The number of nitrogens with one attached hydrogen (secondary N) is 1. The average molecular weight is 339 g/mol. The summed E-state index contributed by atoms with van der Waals surface area (Å²) in [7, 11) is -3.86. The van der Waals surface area contributed by atoms with Crippen LogP contribution in [-0.4, -0.2) is 31.9 Å². The number of sulfonamides is 1. The zero-order valence-electron chi connectivity index (χ0n) is 11.0. The van der Waals surface area contributed by atoms with E-state index in [1.54, 1.807) is 11.8 Å². The van der Waals surface area contributed by atoms with Crippen LogP contribution in [0.3, 0.4) is 0 Å². The van der Waals surface area contributed by atoms with E-state index in [2.05, 4.69) is 4.72 Å². The third-order valence-electron chi connectivity index (χ3n) is 2.49. The highest BCUT2D eigenvalue weighted by molar-refractivity contribution is 7.98. The number of nitro groups is 1. The predicted molar refractivity (Wildman–Crippen MR) is 80.8 cm³/mol. The number of thioether (sulfide) groups is 1. The van der Waals surface area contributed by atoms with Crippen molar-refractivity contribution in [2.75, 3.05) is 18.6 Å². The molecule has 0 amide bonds. The van der Waals surface area contributed by atoms with Gasteiger partial charge < -0.3 is 0 Å². The molecule has 0 saturated carbocycles. The van der Waals surface area contributed by atoms with Crippen LogP contribution in [0.15, 0.2) is 23.1 Å². The van der Waals surface area contributed by atoms with Crippen LogP contribution in [-0.2, 0) is 10.0 Å². The van der Waals surface area contributed by atoms with Gasteiger partial charge in [-0.1, -0.05) is 18.5 Å². The molecule has 1 aromatic carbocycles. The Hall–Kier alpha value is -0.830. The first kappa shape index (κ1) is 17.2. The number of halogens is 1. The molecule has 1 atom stereocenters. The van der Waals surface area contributed by atoms with Crippen molar-refractivity contribution >= 4 is 39.1 Å². The van der Waals surface area contributed by atoms with E-state index in [4.69, 9.17) is 11.6 Å². The number of hydrogen-bond acceptors (Lipinski definition) is 5. The molecule has 1 rings (SSSR count). The van der Waals surface area contributed by atoms with Gasteiger partial charge in [0, 0.05) is 18.7 Å². The van der Waals surface area contributed by atoms with E-state index in [1.807, 2.05) is 13.2 Å². The lowest BCUT2D eigenvalue weighted by Gasteiger charge is -2.12. The maximum absolute atomic E-state index is 12.1. The fourth-order valence-electron chi connectivity index (χ4n) is 1.48. The standard InChI is InChI=1S/C11H15ClN2O4S2/c1-8(7-19-2)6-13-20(17,18)11-5-9(14(15)16)3-4-10(11)12/h3-5,8,13H,6-7H2,1-2H3. The van der Waals surface area contributed by atoms with Gasteiger partial charge in [-0.25, -0.2) is 13.1 Å². The van der Waals surface area contributed by atoms with Crippen LogP contribution in [0.4, 0.5) is 5.69 Å². The van der Waals surface area contributed by atoms with E-state index in [1.165, 1.54) is 6.07 Å². The van der Waals surface area contributed by atoms with Gasteiger partial charge >= 0.3 is 0 Å². The van der Waals surface area contributed by atoms with E-state index in [0.29, 0.717) is 0 Å². The van der Waals surface area contributed by atoms with Crippen molar-refractivity contribution in [2.24, 2.45) is 5.92 Å². The number of rotatable bonds is 7. The summed E-state index contributed by atoms with van der Waals surface area (Å²) >= 11 is 7.43. The Morgan fingerprint density at radius 2 is 2.15 bits per heavy atom. The second-order valence-electron chi connectivity index (χ2n) is 4.28. The molecule has 0 radical (unpaired) electrons. The third kappa shape index (κ3) is 4.62. The maximum Gasteiger partial charge on any atom is 0.270 e. The zero-order valence-corrected chi connectivity index (χ0v) is 13.4. The molecule has 0 fully saturated rings. The van der Waals surface area contributed by atoms with Gasteiger partial charge in [0.05, 0.1) is 9.95 Å². The summed E-state index contributed by atoms with van der Waals surface area (Å²) in [6, 6.07) is 3.33. The van der Waals surface area contributed by atoms with Crippen LogP contribution in [0.25, 0.3) is 0 Å². The van der Waals surface area contributed by atoms with E-state index >= 15 is 0 Å². The van der Waals surface area contributed by atoms with Gasteiger partial charge in [0.15, 0.2) is 0 Å². The van der Waals surface area contributed by atoms with Crippen molar-refractivity contribution in [1.29, 1.82) is 0 Å². The lowest BCUT2D eigenvalue weighted by molar-refractivity contribution is -0.385. The molecule has 1 unspecified atom stereocenters. The first-order chi connectivity index (χ1) is 9.27. The molecule has 1 N–H and O–H groups in total. The molecule has 112 valence electrons. The first-order valence-corrected chi connectivity index (χ1v) is 8.96. The van der Waals surface area contributed by atoms with Crippen LogP contribution < -0.4 is 4.72 Å². The summed E-state index contributed by atoms with van der Waals surface area (Å²) in [6.45, 7) is 2.16. The van der Waals surface area contributed by atoms with Crippen molar-refractivity contribution in [2.45, 2.75) is 11.8 Å². The number of nitrogens with zero attached hydrogens (tertiary/aromatic N) is 1. The molecule has 6 nitrogen and oxygen atoms in total. The minimum atomic E-state index is -3.86. The number of hydrogen-bond donors (Lipinski definition) is 1. The summed E-state index contributed by atoms with van der Waals surface area (Å²) < 4.78 is 26.6. The fourth-order valence-corrected chi connectivity index (χ4v) is 3.85. The van der Waals surface area contributed by atoms with E-state index in [9.17, 15) is 18.5 Å². The minimum absolute atomic E-state index is 0.0411. The largest absolute Gasteiger partial charge is 0.270 e. The SMILES string of the molecule is CSCC(C)CNS(=O)(=O)c1cc([N+](=O)[O-])ccc1Cl. The minimum Gasteiger partial charge on any atom is -0.258 e. The summed E-state index contributed by atoms with van der Waals surface area (Å²) in [5.74, 6) is 0.961. The monoisotopic (exact) mass is 338 g/mol. The Labute approximate surface area is 127 Å². The summed E-state index contributed by atoms with van der Waals surface area (Å²) in [5, 5.41) is 10.6. The van der Waals surface area contributed by atoms with Crippen LogP contribution in [0.2, 0.25) is 5.02 Å². The summed E-state index contributed by atoms with van der Waals surface area (Å²) in [4.78, 5) is 9.75. The molecule has 0 aliphatic heterocycles. The number of nitro benzene ring substituents is 1. The molecule has 0 spiro atoms. The molecular formula is C11H15ClN2O4S2. The number of benzene rings is 1. The first-order valence-electron chi connectivity index (χ1n) is 5.70. The molecule has 0 aliphatic rings. The number of non-ortho nitro benzene ring substituents is 1. The Morgan fingerprint density at radius 1 is 1.50 bits per heavy atom. The van der Waals surface area contributed by atoms with Crippen molar-refractivity contribution in [3.63, 3.8) is 0 Å². The lowest BCUT2D eigenvalue weighted by Crippen LogP contribution is -2.29. The Bertz CT molecular complexity index is 592. The Morgan fingerprint density at radius 3 is 2.70 bits per heavy atom. The Kier molecular flexibility index (Phi) is 6.25. The molecular weight excluding hydrogens is 324 g/mol. The van der Waals surface area contributed by atoms with Crippen LogP contribution >= 0.6 is 23.4 Å². The summed E-state index contributed by atoms with van der Waals surface area (Å²) in [5.41, 5.74) is -0.313. The molecule has 0 aliphatic carbocycles. The highest BCUT2D eigenvalue weighted by atomic mass is 35.5. The second-order valence-corrected chi connectivity index (χ2v) is 7.34. The molecule has 0 saturated heterocycles. The highest BCUT2D eigenvalue weighted by Crippen LogP contribution is 2.26. The molecule has 0 bridgehead atoms. The van der Waals surface area contributed by atoms with Crippen LogP contribution in [0.1, 0.15) is 6.92 Å². The quantitative estimate of drug-likeness (QED) is 0.609. The van der Waals surface area contributed by atoms with Crippen molar-refractivity contribution < 1.29 is 13.3 Å². The zero-order chi connectivity index (χ0) is 15.3. The van der Waals surface area contributed by atoms with Crippen LogP contribution in [0.5, 0.6) is 0 Å². The molecule has 1 aromatic rings. The van der Waals surface area contributed by atoms with Crippen molar-refractivity contribution in [1.82, 2.24) is 4.72 Å². The highest BCUT2D eigenvalue weighted by Gasteiger charge is 2.21. The Balaban J connectivity index is 2.97. The third-order valence-corrected chi connectivity index (χ3v) is 5.30. The topological polar surface area (TPSA) is 89.3 Å². The van der Waals surface area contributed by atoms with Gasteiger partial charge in [0.25, 0.3) is 5.69 Å². The predicted octanol–water partition coefficient (Wildman–Crippen LogP) is 2.53. The van der Waals surface area contributed by atoms with Crippen molar-refractivity contribution in [3.05, 3.63) is 33.3 Å². The van der Waals surface area contributed by atoms with Gasteiger partial charge in [0.1, 0.15) is 4.90 Å². The normalized spacial score (nSPS) is 13.2. The molecule has 20 heavy (non-hydrogen) atoms. The molecule has 9 heteroatoms. The van der Waals surface area contributed by atoms with Crippen molar-refractivity contribution in [3.8, 4) is 0 Å². The van der Waals surface area contributed by atoms with Gasteiger partial charge in [0.2, 0.25) is 10.0 Å². The second kappa shape index (κ2) is 7.26. The van der Waals surface area contributed by atoms with Gasteiger partial charge in [-0.2, -0.15) is 11.8 Å². The smallest absolute Gasteiger partial charge is 0.258 e. The summed E-state index contributed by atoms with van der Waals surface area (Å²) in [6.07, 6.45) is 1.93. The van der Waals surface area contributed by atoms with E-state index in [-0.39, 0.29) is 28.1 Å². The van der Waals surface area contributed by atoms with Crippen LogP contribution in [0, 0.1) is 16.0 Å². The average Bonchev–Trinajstić information content (AvgIpc) is 2.37. The molecule has 0 aromatic heterocycles. The fraction of sp³-hybridized carbons (Fsp3) is 0.455. The lowest BCUT2D eigenvalue weighted by atomic mass is 10.2. The molecule has 0 heterocycles.